The highest BCUT2D eigenvalue weighted by Crippen LogP contribution is 2.23. The Hall–Kier alpha value is -2.43. The van der Waals surface area contributed by atoms with Gasteiger partial charge in [-0.15, -0.1) is 0 Å². The minimum Gasteiger partial charge on any atom is -0.335 e. The fourth-order valence-corrected chi connectivity index (χ4v) is 3.10. The Labute approximate surface area is 134 Å². The van der Waals surface area contributed by atoms with E-state index in [0.29, 0.717) is 13.0 Å². The predicted octanol–water partition coefficient (Wildman–Crippen LogP) is 2.67. The van der Waals surface area contributed by atoms with Crippen molar-refractivity contribution in [1.29, 1.82) is 0 Å². The number of carbonyl (C=O) groups excluding carboxylic acids is 1. The number of nitrogens with zero attached hydrogens (tertiary/aromatic N) is 1. The number of hydrogen-bond donors (Lipinski definition) is 1. The summed E-state index contributed by atoms with van der Waals surface area (Å²) in [7, 11) is 0. The molecule has 5 heteroatoms. The molecule has 1 amide bonds. The second kappa shape index (κ2) is 6.36. The van der Waals surface area contributed by atoms with Gasteiger partial charge < -0.3 is 9.88 Å². The average molecular weight is 314 g/mol. The number of benzene rings is 1. The van der Waals surface area contributed by atoms with Crippen LogP contribution in [0.1, 0.15) is 34.5 Å². The van der Waals surface area contributed by atoms with Gasteiger partial charge in [0.05, 0.1) is 0 Å². The monoisotopic (exact) mass is 314 g/mol. The second-order valence-corrected chi connectivity index (χ2v) is 6.01. The lowest BCUT2D eigenvalue weighted by atomic mass is 10.0. The maximum Gasteiger partial charge on any atom is 0.260 e. The molecular formula is C18H19FN2O2. The molecule has 0 radical (unpaired) electrons. The third-order valence-corrected chi connectivity index (χ3v) is 4.31. The Kier molecular flexibility index (Phi) is 4.28. The Morgan fingerprint density at radius 3 is 2.70 bits per heavy atom. The Bertz CT molecular complexity index is 767. The number of nitrogens with one attached hydrogen (secondary N) is 1. The van der Waals surface area contributed by atoms with Gasteiger partial charge in [0.25, 0.3) is 11.5 Å². The summed E-state index contributed by atoms with van der Waals surface area (Å²) >= 11 is 0. The van der Waals surface area contributed by atoms with Crippen LogP contribution < -0.4 is 5.56 Å². The van der Waals surface area contributed by atoms with E-state index in [-0.39, 0.29) is 28.9 Å². The number of H-pyrrole nitrogens is 1. The van der Waals surface area contributed by atoms with Crippen LogP contribution in [-0.4, -0.2) is 28.4 Å². The van der Waals surface area contributed by atoms with Crippen LogP contribution in [-0.2, 0) is 6.42 Å². The second-order valence-electron chi connectivity index (χ2n) is 6.01. The SMILES string of the molecule is Cc1ccc(C(=O)N2CCC[C@H]2Cc2ccc(F)cc2)c(=O)[nH]1. The molecule has 1 aromatic carbocycles. The van der Waals surface area contributed by atoms with Crippen molar-refractivity contribution in [3.8, 4) is 0 Å². The smallest absolute Gasteiger partial charge is 0.260 e. The summed E-state index contributed by atoms with van der Waals surface area (Å²) < 4.78 is 13.0. The quantitative estimate of drug-likeness (QED) is 0.947. The first-order valence-electron chi connectivity index (χ1n) is 7.80. The molecule has 0 saturated carbocycles. The van der Waals surface area contributed by atoms with Crippen LogP contribution in [0.3, 0.4) is 0 Å². The van der Waals surface area contributed by atoms with Crippen molar-refractivity contribution in [1.82, 2.24) is 9.88 Å². The molecular weight excluding hydrogens is 295 g/mol. The largest absolute Gasteiger partial charge is 0.335 e. The first-order chi connectivity index (χ1) is 11.0. The van der Waals surface area contributed by atoms with E-state index < -0.39 is 0 Å². The molecule has 1 fully saturated rings. The molecule has 1 saturated heterocycles. The number of likely N-dealkylation sites (tertiary alicyclic amines) is 1. The van der Waals surface area contributed by atoms with E-state index in [1.165, 1.54) is 12.1 Å². The van der Waals surface area contributed by atoms with E-state index in [0.717, 1.165) is 24.1 Å². The molecule has 2 heterocycles. The molecule has 120 valence electrons. The molecule has 2 aromatic rings. The van der Waals surface area contributed by atoms with Crippen LogP contribution in [0.4, 0.5) is 4.39 Å². The van der Waals surface area contributed by atoms with Crippen LogP contribution in [0.5, 0.6) is 0 Å². The van der Waals surface area contributed by atoms with Crippen LogP contribution in [0.25, 0.3) is 0 Å². The van der Waals surface area contributed by atoms with Crippen molar-refractivity contribution in [2.45, 2.75) is 32.2 Å². The molecule has 23 heavy (non-hydrogen) atoms. The first kappa shape index (κ1) is 15.5. The van der Waals surface area contributed by atoms with Gasteiger partial charge >= 0.3 is 0 Å². The zero-order valence-electron chi connectivity index (χ0n) is 13.0. The summed E-state index contributed by atoms with van der Waals surface area (Å²) in [5.74, 6) is -0.491. The van der Waals surface area contributed by atoms with Crippen molar-refractivity contribution in [3.63, 3.8) is 0 Å². The molecule has 0 aliphatic carbocycles. The van der Waals surface area contributed by atoms with Gasteiger partial charge in [0.15, 0.2) is 0 Å². The van der Waals surface area contributed by atoms with Gasteiger partial charge in [-0.3, -0.25) is 9.59 Å². The van der Waals surface area contributed by atoms with Crippen LogP contribution >= 0.6 is 0 Å². The Morgan fingerprint density at radius 2 is 2.00 bits per heavy atom. The van der Waals surface area contributed by atoms with Crippen molar-refractivity contribution in [2.75, 3.05) is 6.54 Å². The number of halogens is 1. The van der Waals surface area contributed by atoms with Gasteiger partial charge in [0.1, 0.15) is 11.4 Å². The molecule has 1 aliphatic rings. The molecule has 0 unspecified atom stereocenters. The minimum atomic E-state index is -0.345. The topological polar surface area (TPSA) is 53.2 Å². The summed E-state index contributed by atoms with van der Waals surface area (Å²) in [5.41, 5.74) is 1.56. The van der Waals surface area contributed by atoms with Gasteiger partial charge in [-0.25, -0.2) is 4.39 Å². The number of aromatic nitrogens is 1. The lowest BCUT2D eigenvalue weighted by Gasteiger charge is -2.24. The zero-order chi connectivity index (χ0) is 16.4. The van der Waals surface area contributed by atoms with Crippen LogP contribution in [0.2, 0.25) is 0 Å². The molecule has 0 spiro atoms. The number of pyridine rings is 1. The van der Waals surface area contributed by atoms with Gasteiger partial charge in [-0.1, -0.05) is 12.1 Å². The van der Waals surface area contributed by atoms with E-state index >= 15 is 0 Å². The number of hydrogen-bond acceptors (Lipinski definition) is 2. The van der Waals surface area contributed by atoms with E-state index in [4.69, 9.17) is 0 Å². The van der Waals surface area contributed by atoms with Gasteiger partial charge in [0, 0.05) is 18.3 Å². The summed E-state index contributed by atoms with van der Waals surface area (Å²) in [6.45, 7) is 2.43. The normalized spacial score (nSPS) is 17.5. The fourth-order valence-electron chi connectivity index (χ4n) is 3.10. The maximum atomic E-state index is 13.0. The number of rotatable bonds is 3. The van der Waals surface area contributed by atoms with Gasteiger partial charge in [0.2, 0.25) is 0 Å². The molecule has 1 aromatic heterocycles. The van der Waals surface area contributed by atoms with Crippen LogP contribution in [0, 0.1) is 12.7 Å². The summed E-state index contributed by atoms with van der Waals surface area (Å²) in [6.07, 6.45) is 2.49. The summed E-state index contributed by atoms with van der Waals surface area (Å²) in [5, 5.41) is 0. The molecule has 1 atom stereocenters. The average Bonchev–Trinajstić information content (AvgIpc) is 2.97. The number of carbonyl (C=O) groups is 1. The third-order valence-electron chi connectivity index (χ3n) is 4.31. The van der Waals surface area contributed by atoms with Gasteiger partial charge in [-0.2, -0.15) is 0 Å². The molecule has 3 rings (SSSR count). The van der Waals surface area contributed by atoms with Crippen molar-refractivity contribution in [3.05, 3.63) is 69.4 Å². The fraction of sp³-hybridized carbons (Fsp3) is 0.333. The molecule has 0 bridgehead atoms. The van der Waals surface area contributed by atoms with E-state index in [1.54, 1.807) is 36.1 Å². The van der Waals surface area contributed by atoms with E-state index in [9.17, 15) is 14.0 Å². The first-order valence-corrected chi connectivity index (χ1v) is 7.80. The minimum absolute atomic E-state index is 0.0497. The highest BCUT2D eigenvalue weighted by atomic mass is 19.1. The van der Waals surface area contributed by atoms with Crippen molar-refractivity contribution < 1.29 is 9.18 Å². The third kappa shape index (κ3) is 3.33. The van der Waals surface area contributed by atoms with Crippen molar-refractivity contribution >= 4 is 5.91 Å². The number of amides is 1. The molecule has 4 nitrogen and oxygen atoms in total. The maximum absolute atomic E-state index is 13.0. The zero-order valence-corrected chi connectivity index (χ0v) is 13.0. The van der Waals surface area contributed by atoms with E-state index in [2.05, 4.69) is 4.98 Å². The Balaban J connectivity index is 1.79. The number of aryl methyl sites for hydroxylation is 1. The van der Waals surface area contributed by atoms with E-state index in [1.807, 2.05) is 0 Å². The predicted molar refractivity (Wildman–Crippen MR) is 86.0 cm³/mol. The van der Waals surface area contributed by atoms with Gasteiger partial charge in [-0.05, 0) is 56.0 Å². The highest BCUT2D eigenvalue weighted by Gasteiger charge is 2.30. The van der Waals surface area contributed by atoms with Crippen molar-refractivity contribution in [2.24, 2.45) is 0 Å². The number of aromatic amines is 1. The molecule has 1 aliphatic heterocycles. The summed E-state index contributed by atoms with van der Waals surface area (Å²) in [4.78, 5) is 29.1. The Morgan fingerprint density at radius 1 is 1.26 bits per heavy atom. The lowest BCUT2D eigenvalue weighted by Crippen LogP contribution is -2.39. The highest BCUT2D eigenvalue weighted by molar-refractivity contribution is 5.94. The molecule has 1 N–H and O–H groups in total. The van der Waals surface area contributed by atoms with Crippen LogP contribution in [0.15, 0.2) is 41.2 Å². The summed E-state index contributed by atoms with van der Waals surface area (Å²) in [6, 6.07) is 9.73. The lowest BCUT2D eigenvalue weighted by molar-refractivity contribution is 0.0734. The standard InChI is InChI=1S/C18H19FN2O2/c1-12-4-9-16(17(22)20-12)18(23)21-10-2-3-15(21)11-13-5-7-14(19)8-6-13/h4-9,15H,2-3,10-11H2,1H3,(H,20,22)/t15-/m0/s1.